The molecular formula is C14H15NOS. The topological polar surface area (TPSA) is 46.2 Å². The van der Waals surface area contributed by atoms with Crippen LogP contribution >= 0.6 is 11.3 Å². The van der Waals surface area contributed by atoms with Crippen molar-refractivity contribution in [3.05, 3.63) is 57.3 Å². The summed E-state index contributed by atoms with van der Waals surface area (Å²) in [5.41, 5.74) is 8.41. The molecule has 0 saturated carbocycles. The predicted molar refractivity (Wildman–Crippen MR) is 70.0 cm³/mol. The highest BCUT2D eigenvalue weighted by Crippen LogP contribution is 2.48. The third-order valence-electron chi connectivity index (χ3n) is 3.56. The maximum absolute atomic E-state index is 11.0. The van der Waals surface area contributed by atoms with Crippen LogP contribution in [0.25, 0.3) is 0 Å². The zero-order valence-electron chi connectivity index (χ0n) is 9.68. The second kappa shape index (κ2) is 3.67. The lowest BCUT2D eigenvalue weighted by Crippen LogP contribution is -2.24. The Kier molecular flexibility index (Phi) is 2.36. The van der Waals surface area contributed by atoms with Gasteiger partial charge in [0.1, 0.15) is 5.60 Å². The average Bonchev–Trinajstić information content (AvgIpc) is 2.85. The van der Waals surface area contributed by atoms with Crippen molar-refractivity contribution < 1.29 is 5.11 Å². The van der Waals surface area contributed by atoms with E-state index < -0.39 is 5.60 Å². The van der Waals surface area contributed by atoms with Gasteiger partial charge in [0.2, 0.25) is 0 Å². The lowest BCUT2D eigenvalue weighted by molar-refractivity contribution is 0.0809. The second-order valence-electron chi connectivity index (χ2n) is 4.69. The van der Waals surface area contributed by atoms with Crippen LogP contribution in [0.5, 0.6) is 0 Å². The molecule has 17 heavy (non-hydrogen) atoms. The maximum atomic E-state index is 11.0. The first kappa shape index (κ1) is 11.0. The van der Waals surface area contributed by atoms with Crippen molar-refractivity contribution in [3.63, 3.8) is 0 Å². The van der Waals surface area contributed by atoms with Gasteiger partial charge in [-0.3, -0.25) is 0 Å². The number of benzene rings is 1. The van der Waals surface area contributed by atoms with E-state index in [4.69, 9.17) is 5.73 Å². The Morgan fingerprint density at radius 3 is 2.82 bits per heavy atom. The van der Waals surface area contributed by atoms with Gasteiger partial charge >= 0.3 is 0 Å². The molecule has 1 aromatic heterocycles. The minimum absolute atomic E-state index is 0.0716. The molecule has 1 heterocycles. The van der Waals surface area contributed by atoms with Crippen LogP contribution in [0.3, 0.4) is 0 Å². The molecule has 0 aliphatic heterocycles. The standard InChI is InChI=1S/C14H15NOS/c1-9-6-7-17-13(9)14(16)8-12(15)10-4-2-3-5-11(10)14/h2-7,12,16H,8,15H2,1H3. The van der Waals surface area contributed by atoms with Gasteiger partial charge < -0.3 is 10.8 Å². The Balaban J connectivity index is 2.21. The molecule has 2 unspecified atom stereocenters. The fraction of sp³-hybridized carbons (Fsp3) is 0.286. The zero-order chi connectivity index (χ0) is 12.0. The summed E-state index contributed by atoms with van der Waals surface area (Å²) in [7, 11) is 0. The van der Waals surface area contributed by atoms with Gasteiger partial charge in [0.15, 0.2) is 0 Å². The highest BCUT2D eigenvalue weighted by Gasteiger charge is 2.43. The fourth-order valence-corrected chi connectivity index (χ4v) is 3.80. The van der Waals surface area contributed by atoms with Crippen LogP contribution in [0.15, 0.2) is 35.7 Å². The summed E-state index contributed by atoms with van der Waals surface area (Å²) in [6, 6.07) is 9.92. The van der Waals surface area contributed by atoms with Gasteiger partial charge in [-0.25, -0.2) is 0 Å². The summed E-state index contributed by atoms with van der Waals surface area (Å²) in [4.78, 5) is 1.03. The molecule has 3 N–H and O–H groups in total. The molecule has 0 radical (unpaired) electrons. The largest absolute Gasteiger partial charge is 0.379 e. The van der Waals surface area contributed by atoms with E-state index in [1.54, 1.807) is 11.3 Å². The minimum Gasteiger partial charge on any atom is -0.379 e. The third-order valence-corrected chi connectivity index (χ3v) is 4.73. The molecule has 0 saturated heterocycles. The van der Waals surface area contributed by atoms with Gasteiger partial charge in [-0.15, -0.1) is 11.3 Å². The maximum Gasteiger partial charge on any atom is 0.126 e. The van der Waals surface area contributed by atoms with E-state index in [-0.39, 0.29) is 6.04 Å². The molecular weight excluding hydrogens is 230 g/mol. The SMILES string of the molecule is Cc1ccsc1C1(O)CC(N)c2ccccc21. The number of rotatable bonds is 1. The first-order chi connectivity index (χ1) is 8.13. The number of aliphatic hydroxyl groups is 1. The van der Waals surface area contributed by atoms with Crippen LogP contribution < -0.4 is 5.73 Å². The van der Waals surface area contributed by atoms with Gasteiger partial charge in [-0.05, 0) is 35.1 Å². The van der Waals surface area contributed by atoms with E-state index in [2.05, 4.69) is 0 Å². The molecule has 88 valence electrons. The summed E-state index contributed by atoms with van der Waals surface area (Å²) in [6.07, 6.45) is 0.577. The van der Waals surface area contributed by atoms with Crippen LogP contribution in [-0.2, 0) is 5.60 Å². The van der Waals surface area contributed by atoms with Crippen LogP contribution in [0.4, 0.5) is 0 Å². The first-order valence-electron chi connectivity index (χ1n) is 5.75. The van der Waals surface area contributed by atoms with E-state index in [1.165, 1.54) is 0 Å². The van der Waals surface area contributed by atoms with Crippen LogP contribution in [0.1, 0.15) is 34.0 Å². The van der Waals surface area contributed by atoms with E-state index >= 15 is 0 Å². The third kappa shape index (κ3) is 1.47. The van der Waals surface area contributed by atoms with Gasteiger partial charge in [-0.2, -0.15) is 0 Å². The lowest BCUT2D eigenvalue weighted by Gasteiger charge is -2.24. The fourth-order valence-electron chi connectivity index (χ4n) is 2.75. The lowest BCUT2D eigenvalue weighted by atomic mass is 9.92. The molecule has 0 bridgehead atoms. The minimum atomic E-state index is -0.895. The summed E-state index contributed by atoms with van der Waals surface area (Å²) < 4.78 is 0. The van der Waals surface area contributed by atoms with Gasteiger partial charge in [0.25, 0.3) is 0 Å². The molecule has 1 aliphatic rings. The number of hydrogen-bond donors (Lipinski definition) is 2. The van der Waals surface area contributed by atoms with Crippen LogP contribution in [0.2, 0.25) is 0 Å². The van der Waals surface area contributed by atoms with Crippen LogP contribution in [0, 0.1) is 6.92 Å². The number of hydrogen-bond acceptors (Lipinski definition) is 3. The van der Waals surface area contributed by atoms with Crippen molar-refractivity contribution in [2.75, 3.05) is 0 Å². The normalized spacial score (nSPS) is 27.1. The van der Waals surface area contributed by atoms with Crippen molar-refractivity contribution in [2.24, 2.45) is 5.73 Å². The summed E-state index contributed by atoms with van der Waals surface area (Å²) in [5, 5.41) is 13.0. The second-order valence-corrected chi connectivity index (χ2v) is 5.61. The molecule has 3 heteroatoms. The Hall–Kier alpha value is -1.16. The number of fused-ring (bicyclic) bond motifs is 1. The van der Waals surface area contributed by atoms with Gasteiger partial charge in [-0.1, -0.05) is 24.3 Å². The van der Waals surface area contributed by atoms with Crippen molar-refractivity contribution in [2.45, 2.75) is 25.0 Å². The molecule has 0 amide bonds. The predicted octanol–water partition coefficient (Wildman–Crippen LogP) is 2.70. The molecule has 0 fully saturated rings. The monoisotopic (exact) mass is 245 g/mol. The molecule has 2 aromatic rings. The van der Waals surface area contributed by atoms with Gasteiger partial charge in [0, 0.05) is 17.3 Å². The molecule has 1 aliphatic carbocycles. The van der Waals surface area contributed by atoms with Crippen molar-refractivity contribution in [3.8, 4) is 0 Å². The summed E-state index contributed by atoms with van der Waals surface area (Å²) >= 11 is 1.61. The molecule has 2 atom stereocenters. The average molecular weight is 245 g/mol. The van der Waals surface area contributed by atoms with E-state index in [0.29, 0.717) is 6.42 Å². The quantitative estimate of drug-likeness (QED) is 0.811. The highest BCUT2D eigenvalue weighted by molar-refractivity contribution is 7.10. The zero-order valence-corrected chi connectivity index (χ0v) is 10.5. The Morgan fingerprint density at radius 1 is 1.35 bits per heavy atom. The first-order valence-corrected chi connectivity index (χ1v) is 6.63. The van der Waals surface area contributed by atoms with E-state index in [0.717, 1.165) is 21.6 Å². The van der Waals surface area contributed by atoms with Gasteiger partial charge in [0.05, 0.1) is 0 Å². The van der Waals surface area contributed by atoms with Crippen molar-refractivity contribution in [1.29, 1.82) is 0 Å². The van der Waals surface area contributed by atoms with E-state index in [9.17, 15) is 5.11 Å². The summed E-state index contributed by atoms with van der Waals surface area (Å²) in [6.45, 7) is 2.04. The molecule has 3 rings (SSSR count). The van der Waals surface area contributed by atoms with Crippen LogP contribution in [-0.4, -0.2) is 5.11 Å². The summed E-state index contributed by atoms with van der Waals surface area (Å²) in [5.74, 6) is 0. The Labute approximate surface area is 105 Å². The Bertz CT molecular complexity index is 563. The highest BCUT2D eigenvalue weighted by atomic mass is 32.1. The van der Waals surface area contributed by atoms with Crippen molar-refractivity contribution >= 4 is 11.3 Å². The smallest absolute Gasteiger partial charge is 0.126 e. The number of aryl methyl sites for hydroxylation is 1. The molecule has 0 spiro atoms. The number of nitrogens with two attached hydrogens (primary N) is 1. The Morgan fingerprint density at radius 2 is 2.12 bits per heavy atom. The molecule has 1 aromatic carbocycles. The van der Waals surface area contributed by atoms with Crippen molar-refractivity contribution in [1.82, 2.24) is 0 Å². The number of thiophene rings is 1. The van der Waals surface area contributed by atoms with E-state index in [1.807, 2.05) is 42.6 Å². The molecule has 2 nitrogen and oxygen atoms in total.